The molecule has 0 bridgehead atoms. The standard InChI is InChI=1S/C11H13F3N2/c1-15-10-3-2-8-5-16(6-9(8)4-10)7-11(12,13)14/h2-4,15H,5-7H2,1H3. The Hall–Kier alpha value is -1.23. The lowest BCUT2D eigenvalue weighted by molar-refractivity contribution is -0.146. The molecule has 0 aromatic heterocycles. The summed E-state index contributed by atoms with van der Waals surface area (Å²) >= 11 is 0. The maximum atomic E-state index is 12.2. The fraction of sp³-hybridized carbons (Fsp3) is 0.455. The van der Waals surface area contributed by atoms with Gasteiger partial charge in [-0.2, -0.15) is 13.2 Å². The molecule has 1 N–H and O–H groups in total. The molecular formula is C11H13F3N2. The lowest BCUT2D eigenvalue weighted by atomic mass is 10.1. The van der Waals surface area contributed by atoms with Gasteiger partial charge in [0.15, 0.2) is 0 Å². The number of halogens is 3. The van der Waals surface area contributed by atoms with Crippen LogP contribution in [0.4, 0.5) is 18.9 Å². The number of rotatable bonds is 2. The van der Waals surface area contributed by atoms with Gasteiger partial charge in [0.2, 0.25) is 0 Å². The van der Waals surface area contributed by atoms with Crippen LogP contribution in [-0.4, -0.2) is 24.7 Å². The van der Waals surface area contributed by atoms with E-state index in [-0.39, 0.29) is 0 Å². The fourth-order valence-corrected chi connectivity index (χ4v) is 1.99. The molecule has 0 fully saturated rings. The van der Waals surface area contributed by atoms with Crippen LogP contribution in [0.5, 0.6) is 0 Å². The monoisotopic (exact) mass is 230 g/mol. The molecular weight excluding hydrogens is 217 g/mol. The SMILES string of the molecule is CNc1ccc2c(c1)CN(CC(F)(F)F)C2. The molecule has 5 heteroatoms. The smallest absolute Gasteiger partial charge is 0.388 e. The number of anilines is 1. The van der Waals surface area contributed by atoms with E-state index >= 15 is 0 Å². The average molecular weight is 230 g/mol. The number of alkyl halides is 3. The summed E-state index contributed by atoms with van der Waals surface area (Å²) in [6.45, 7) is -0.0697. The Kier molecular flexibility index (Phi) is 2.80. The Balaban J connectivity index is 2.09. The molecule has 0 radical (unpaired) electrons. The van der Waals surface area contributed by atoms with Crippen molar-refractivity contribution >= 4 is 5.69 Å². The molecule has 2 nitrogen and oxygen atoms in total. The van der Waals surface area contributed by atoms with E-state index in [0.717, 1.165) is 16.8 Å². The van der Waals surface area contributed by atoms with Crippen LogP contribution in [0.3, 0.4) is 0 Å². The van der Waals surface area contributed by atoms with Gasteiger partial charge in [-0.15, -0.1) is 0 Å². The van der Waals surface area contributed by atoms with Crippen molar-refractivity contribution in [3.05, 3.63) is 29.3 Å². The summed E-state index contributed by atoms with van der Waals surface area (Å²) < 4.78 is 36.7. The van der Waals surface area contributed by atoms with Gasteiger partial charge in [0.05, 0.1) is 6.54 Å². The Morgan fingerprint density at radius 1 is 1.25 bits per heavy atom. The highest BCUT2D eigenvalue weighted by Crippen LogP contribution is 2.28. The highest BCUT2D eigenvalue weighted by Gasteiger charge is 2.33. The van der Waals surface area contributed by atoms with E-state index in [0.29, 0.717) is 13.1 Å². The number of benzene rings is 1. The van der Waals surface area contributed by atoms with Gasteiger partial charge in [-0.05, 0) is 23.3 Å². The second kappa shape index (κ2) is 3.97. The van der Waals surface area contributed by atoms with Crippen molar-refractivity contribution in [2.75, 3.05) is 18.9 Å². The number of hydrogen-bond acceptors (Lipinski definition) is 2. The van der Waals surface area contributed by atoms with Crippen molar-refractivity contribution in [1.82, 2.24) is 4.90 Å². The normalized spacial score (nSPS) is 16.2. The lowest BCUT2D eigenvalue weighted by Gasteiger charge is -2.16. The van der Waals surface area contributed by atoms with Crippen LogP contribution in [0.15, 0.2) is 18.2 Å². The van der Waals surface area contributed by atoms with Crippen LogP contribution in [0.2, 0.25) is 0 Å². The Morgan fingerprint density at radius 3 is 2.56 bits per heavy atom. The van der Waals surface area contributed by atoms with Crippen molar-refractivity contribution in [1.29, 1.82) is 0 Å². The van der Waals surface area contributed by atoms with Gasteiger partial charge in [0.1, 0.15) is 0 Å². The van der Waals surface area contributed by atoms with E-state index in [1.807, 2.05) is 18.2 Å². The van der Waals surface area contributed by atoms with Gasteiger partial charge in [-0.25, -0.2) is 0 Å². The van der Waals surface area contributed by atoms with E-state index in [1.165, 1.54) is 4.90 Å². The van der Waals surface area contributed by atoms with E-state index in [9.17, 15) is 13.2 Å². The zero-order valence-corrected chi connectivity index (χ0v) is 8.93. The first-order valence-electron chi connectivity index (χ1n) is 5.06. The first-order chi connectivity index (χ1) is 7.48. The lowest BCUT2D eigenvalue weighted by Crippen LogP contribution is -2.29. The largest absolute Gasteiger partial charge is 0.401 e. The Morgan fingerprint density at radius 2 is 1.94 bits per heavy atom. The second-order valence-electron chi connectivity index (χ2n) is 3.99. The Labute approximate surface area is 92.1 Å². The fourth-order valence-electron chi connectivity index (χ4n) is 1.99. The average Bonchev–Trinajstić information content (AvgIpc) is 2.55. The van der Waals surface area contributed by atoms with Gasteiger partial charge < -0.3 is 5.32 Å². The molecule has 1 aromatic carbocycles. The van der Waals surface area contributed by atoms with Crippen LogP contribution in [0.1, 0.15) is 11.1 Å². The minimum Gasteiger partial charge on any atom is -0.388 e. The van der Waals surface area contributed by atoms with E-state index in [1.54, 1.807) is 7.05 Å². The molecule has 0 saturated carbocycles. The summed E-state index contributed by atoms with van der Waals surface area (Å²) in [5.74, 6) is 0. The zero-order valence-electron chi connectivity index (χ0n) is 8.93. The van der Waals surface area contributed by atoms with Crippen LogP contribution < -0.4 is 5.32 Å². The third-order valence-corrected chi connectivity index (χ3v) is 2.69. The predicted molar refractivity (Wildman–Crippen MR) is 56.2 cm³/mol. The molecule has 0 spiro atoms. The van der Waals surface area contributed by atoms with Crippen molar-refractivity contribution in [3.8, 4) is 0 Å². The highest BCUT2D eigenvalue weighted by atomic mass is 19.4. The summed E-state index contributed by atoms with van der Waals surface area (Å²) in [7, 11) is 1.80. The third kappa shape index (κ3) is 2.47. The molecule has 0 atom stereocenters. The van der Waals surface area contributed by atoms with Gasteiger partial charge in [0, 0.05) is 25.8 Å². The van der Waals surface area contributed by atoms with E-state index in [2.05, 4.69) is 5.32 Å². The first kappa shape index (κ1) is 11.3. The molecule has 0 aliphatic carbocycles. The predicted octanol–water partition coefficient (Wildman–Crippen LogP) is 2.61. The quantitative estimate of drug-likeness (QED) is 0.840. The Bertz CT molecular complexity index is 387. The minimum atomic E-state index is -4.12. The maximum absolute atomic E-state index is 12.2. The molecule has 1 aromatic rings. The maximum Gasteiger partial charge on any atom is 0.401 e. The van der Waals surface area contributed by atoms with Crippen molar-refractivity contribution in [2.45, 2.75) is 19.3 Å². The summed E-state index contributed by atoms with van der Waals surface area (Å²) in [5.41, 5.74) is 2.91. The second-order valence-corrected chi connectivity index (χ2v) is 3.99. The van der Waals surface area contributed by atoms with E-state index < -0.39 is 12.7 Å². The molecule has 2 rings (SSSR count). The molecule has 1 aliphatic rings. The van der Waals surface area contributed by atoms with Crippen LogP contribution in [0, 0.1) is 0 Å². The first-order valence-corrected chi connectivity index (χ1v) is 5.06. The number of nitrogens with one attached hydrogen (secondary N) is 1. The van der Waals surface area contributed by atoms with Gasteiger partial charge in [-0.1, -0.05) is 6.07 Å². The minimum absolute atomic E-state index is 0.379. The summed E-state index contributed by atoms with van der Waals surface area (Å²) in [4.78, 5) is 1.41. The molecule has 1 heterocycles. The van der Waals surface area contributed by atoms with Crippen LogP contribution in [0.25, 0.3) is 0 Å². The molecule has 0 unspecified atom stereocenters. The van der Waals surface area contributed by atoms with Crippen molar-refractivity contribution in [2.24, 2.45) is 0 Å². The van der Waals surface area contributed by atoms with Crippen LogP contribution >= 0.6 is 0 Å². The number of hydrogen-bond donors (Lipinski definition) is 1. The van der Waals surface area contributed by atoms with Crippen molar-refractivity contribution < 1.29 is 13.2 Å². The van der Waals surface area contributed by atoms with Gasteiger partial charge >= 0.3 is 6.18 Å². The molecule has 0 saturated heterocycles. The third-order valence-electron chi connectivity index (χ3n) is 2.69. The van der Waals surface area contributed by atoms with Gasteiger partial charge in [-0.3, -0.25) is 4.90 Å². The summed E-state index contributed by atoms with van der Waals surface area (Å²) in [6, 6.07) is 5.68. The number of fused-ring (bicyclic) bond motifs is 1. The van der Waals surface area contributed by atoms with E-state index in [4.69, 9.17) is 0 Å². The molecule has 88 valence electrons. The molecule has 1 aliphatic heterocycles. The highest BCUT2D eigenvalue weighted by molar-refractivity contribution is 5.49. The van der Waals surface area contributed by atoms with Crippen LogP contribution in [-0.2, 0) is 13.1 Å². The van der Waals surface area contributed by atoms with Crippen molar-refractivity contribution in [3.63, 3.8) is 0 Å². The zero-order chi connectivity index (χ0) is 11.8. The molecule has 0 amide bonds. The van der Waals surface area contributed by atoms with Gasteiger partial charge in [0.25, 0.3) is 0 Å². The number of nitrogens with zero attached hydrogens (tertiary/aromatic N) is 1. The topological polar surface area (TPSA) is 15.3 Å². The molecule has 16 heavy (non-hydrogen) atoms. The summed E-state index contributed by atoms with van der Waals surface area (Å²) in [5, 5.41) is 2.98. The summed E-state index contributed by atoms with van der Waals surface area (Å²) in [6.07, 6.45) is -4.12.